The topological polar surface area (TPSA) is 64.6 Å². The highest BCUT2D eigenvalue weighted by Crippen LogP contribution is 2.15. The van der Waals surface area contributed by atoms with E-state index in [4.69, 9.17) is 0 Å². The zero-order valence-electron chi connectivity index (χ0n) is 13.6. The lowest BCUT2D eigenvalue weighted by atomic mass is 9.99. The SMILES string of the molecule is CC1CCN(CCNC(=O)NCC(O)c2ccc(F)cc2)CC1. The van der Waals surface area contributed by atoms with Crippen molar-refractivity contribution < 1.29 is 14.3 Å². The third-order valence-electron chi connectivity index (χ3n) is 4.30. The molecule has 1 saturated heterocycles. The number of carbonyl (C=O) groups excluding carboxylic acids is 1. The Morgan fingerprint density at radius 1 is 1.30 bits per heavy atom. The molecule has 0 saturated carbocycles. The summed E-state index contributed by atoms with van der Waals surface area (Å²) < 4.78 is 12.8. The van der Waals surface area contributed by atoms with Crippen LogP contribution in [0.3, 0.4) is 0 Å². The number of benzene rings is 1. The molecular weight excluding hydrogens is 297 g/mol. The smallest absolute Gasteiger partial charge is 0.314 e. The van der Waals surface area contributed by atoms with Crippen LogP contribution in [0.4, 0.5) is 9.18 Å². The Balaban J connectivity index is 1.60. The number of aliphatic hydroxyl groups excluding tert-OH is 1. The molecule has 1 aliphatic rings. The Bertz CT molecular complexity index is 487. The fourth-order valence-electron chi connectivity index (χ4n) is 2.67. The van der Waals surface area contributed by atoms with E-state index in [9.17, 15) is 14.3 Å². The van der Waals surface area contributed by atoms with Crippen molar-refractivity contribution in [1.82, 2.24) is 15.5 Å². The van der Waals surface area contributed by atoms with Crippen LogP contribution in [0.15, 0.2) is 24.3 Å². The van der Waals surface area contributed by atoms with Gasteiger partial charge in [0.25, 0.3) is 0 Å². The second-order valence-electron chi connectivity index (χ2n) is 6.23. The van der Waals surface area contributed by atoms with Crippen LogP contribution in [0.5, 0.6) is 0 Å². The molecule has 1 aromatic carbocycles. The van der Waals surface area contributed by atoms with E-state index >= 15 is 0 Å². The Kier molecular flexibility index (Phi) is 6.80. The molecule has 0 spiro atoms. The van der Waals surface area contributed by atoms with Gasteiger partial charge in [-0.2, -0.15) is 0 Å². The molecule has 1 aromatic rings. The largest absolute Gasteiger partial charge is 0.387 e. The van der Waals surface area contributed by atoms with Gasteiger partial charge in [-0.1, -0.05) is 19.1 Å². The maximum Gasteiger partial charge on any atom is 0.314 e. The molecule has 128 valence electrons. The summed E-state index contributed by atoms with van der Waals surface area (Å²) in [6.07, 6.45) is 1.59. The number of carbonyl (C=O) groups is 1. The molecular formula is C17H26FN3O2. The number of aliphatic hydroxyl groups is 1. The van der Waals surface area contributed by atoms with Gasteiger partial charge in [-0.15, -0.1) is 0 Å². The summed E-state index contributed by atoms with van der Waals surface area (Å²) in [5.74, 6) is 0.453. The number of piperidine rings is 1. The van der Waals surface area contributed by atoms with Crippen molar-refractivity contribution >= 4 is 6.03 Å². The van der Waals surface area contributed by atoms with Crippen molar-refractivity contribution in [2.75, 3.05) is 32.7 Å². The first-order chi connectivity index (χ1) is 11.0. The van der Waals surface area contributed by atoms with E-state index in [1.807, 2.05) is 0 Å². The van der Waals surface area contributed by atoms with E-state index in [1.165, 1.54) is 37.1 Å². The number of amides is 2. The zero-order chi connectivity index (χ0) is 16.7. The van der Waals surface area contributed by atoms with Crippen LogP contribution in [0.25, 0.3) is 0 Å². The normalized spacial score (nSPS) is 17.7. The fourth-order valence-corrected chi connectivity index (χ4v) is 2.67. The summed E-state index contributed by atoms with van der Waals surface area (Å²) in [4.78, 5) is 14.1. The van der Waals surface area contributed by atoms with Gasteiger partial charge >= 0.3 is 6.03 Å². The van der Waals surface area contributed by atoms with Crippen LogP contribution < -0.4 is 10.6 Å². The van der Waals surface area contributed by atoms with Crippen LogP contribution in [0.2, 0.25) is 0 Å². The molecule has 0 radical (unpaired) electrons. The molecule has 2 rings (SSSR count). The Labute approximate surface area is 136 Å². The Morgan fingerprint density at radius 3 is 2.61 bits per heavy atom. The number of nitrogens with zero attached hydrogens (tertiary/aromatic N) is 1. The summed E-state index contributed by atoms with van der Waals surface area (Å²) >= 11 is 0. The third-order valence-corrected chi connectivity index (χ3v) is 4.30. The summed E-state index contributed by atoms with van der Waals surface area (Å²) in [6.45, 7) is 5.99. The van der Waals surface area contributed by atoms with Gasteiger partial charge in [0, 0.05) is 19.6 Å². The molecule has 0 bridgehead atoms. The van der Waals surface area contributed by atoms with Crippen molar-refractivity contribution in [3.63, 3.8) is 0 Å². The first kappa shape index (κ1) is 17.7. The summed E-state index contributed by atoms with van der Waals surface area (Å²) in [5.41, 5.74) is 0.578. The molecule has 0 aliphatic carbocycles. The van der Waals surface area contributed by atoms with Crippen molar-refractivity contribution in [3.05, 3.63) is 35.6 Å². The molecule has 1 aliphatic heterocycles. The predicted molar refractivity (Wildman–Crippen MR) is 87.6 cm³/mol. The highest BCUT2D eigenvalue weighted by atomic mass is 19.1. The second-order valence-corrected chi connectivity index (χ2v) is 6.23. The van der Waals surface area contributed by atoms with Crippen LogP contribution in [-0.2, 0) is 0 Å². The highest BCUT2D eigenvalue weighted by Gasteiger charge is 2.15. The molecule has 2 amide bonds. The standard InChI is InChI=1S/C17H26FN3O2/c1-13-6-9-21(10-7-13)11-8-19-17(23)20-12-16(22)14-2-4-15(18)5-3-14/h2-5,13,16,22H,6-12H2,1H3,(H2,19,20,23). The summed E-state index contributed by atoms with van der Waals surface area (Å²) in [7, 11) is 0. The van der Waals surface area contributed by atoms with Crippen LogP contribution in [0, 0.1) is 11.7 Å². The number of halogens is 1. The minimum Gasteiger partial charge on any atom is -0.387 e. The minimum atomic E-state index is -0.843. The van der Waals surface area contributed by atoms with Crippen molar-refractivity contribution in [1.29, 1.82) is 0 Å². The fraction of sp³-hybridized carbons (Fsp3) is 0.588. The monoisotopic (exact) mass is 323 g/mol. The van der Waals surface area contributed by atoms with Gasteiger partial charge in [-0.05, 0) is 49.5 Å². The van der Waals surface area contributed by atoms with E-state index < -0.39 is 6.10 Å². The maximum absolute atomic E-state index is 12.8. The molecule has 23 heavy (non-hydrogen) atoms. The van der Waals surface area contributed by atoms with Gasteiger partial charge < -0.3 is 20.6 Å². The van der Waals surface area contributed by atoms with Gasteiger partial charge in [-0.25, -0.2) is 9.18 Å². The second kappa shape index (κ2) is 8.84. The number of likely N-dealkylation sites (tertiary alicyclic amines) is 1. The number of rotatable bonds is 6. The van der Waals surface area contributed by atoms with Gasteiger partial charge in [0.05, 0.1) is 6.10 Å². The number of nitrogens with one attached hydrogen (secondary N) is 2. The van der Waals surface area contributed by atoms with Crippen molar-refractivity contribution in [3.8, 4) is 0 Å². The van der Waals surface area contributed by atoms with E-state index in [0.29, 0.717) is 12.1 Å². The molecule has 5 nitrogen and oxygen atoms in total. The van der Waals surface area contributed by atoms with E-state index in [2.05, 4.69) is 22.5 Å². The molecule has 0 aromatic heterocycles. The minimum absolute atomic E-state index is 0.0959. The lowest BCUT2D eigenvalue weighted by Crippen LogP contribution is -2.43. The lowest BCUT2D eigenvalue weighted by Gasteiger charge is -2.30. The van der Waals surface area contributed by atoms with E-state index in [-0.39, 0.29) is 18.4 Å². The predicted octanol–water partition coefficient (Wildman–Crippen LogP) is 1.89. The van der Waals surface area contributed by atoms with E-state index in [1.54, 1.807) is 0 Å². The maximum atomic E-state index is 12.8. The molecule has 1 heterocycles. The first-order valence-electron chi connectivity index (χ1n) is 8.22. The van der Waals surface area contributed by atoms with Crippen LogP contribution in [-0.4, -0.2) is 48.8 Å². The average molecular weight is 323 g/mol. The van der Waals surface area contributed by atoms with Crippen LogP contribution >= 0.6 is 0 Å². The summed E-state index contributed by atoms with van der Waals surface area (Å²) in [6, 6.07) is 5.31. The lowest BCUT2D eigenvalue weighted by molar-refractivity contribution is 0.171. The van der Waals surface area contributed by atoms with E-state index in [0.717, 1.165) is 25.6 Å². The van der Waals surface area contributed by atoms with Gasteiger partial charge in [0.1, 0.15) is 5.82 Å². The zero-order valence-corrected chi connectivity index (χ0v) is 13.6. The van der Waals surface area contributed by atoms with Gasteiger partial charge in [0.15, 0.2) is 0 Å². The number of hydrogen-bond donors (Lipinski definition) is 3. The molecule has 6 heteroatoms. The average Bonchev–Trinajstić information content (AvgIpc) is 2.55. The first-order valence-corrected chi connectivity index (χ1v) is 8.22. The quantitative estimate of drug-likeness (QED) is 0.749. The molecule has 1 unspecified atom stereocenters. The van der Waals surface area contributed by atoms with Gasteiger partial charge in [-0.3, -0.25) is 0 Å². The number of hydrogen-bond acceptors (Lipinski definition) is 3. The van der Waals surface area contributed by atoms with Gasteiger partial charge in [0.2, 0.25) is 0 Å². The highest BCUT2D eigenvalue weighted by molar-refractivity contribution is 5.73. The van der Waals surface area contributed by atoms with Crippen molar-refractivity contribution in [2.24, 2.45) is 5.92 Å². The molecule has 1 fully saturated rings. The Hall–Kier alpha value is -1.66. The number of urea groups is 1. The van der Waals surface area contributed by atoms with Crippen LogP contribution in [0.1, 0.15) is 31.4 Å². The molecule has 3 N–H and O–H groups in total. The third kappa shape index (κ3) is 6.15. The van der Waals surface area contributed by atoms with Crippen molar-refractivity contribution in [2.45, 2.75) is 25.9 Å². The Morgan fingerprint density at radius 2 is 1.96 bits per heavy atom. The summed E-state index contributed by atoms with van der Waals surface area (Å²) in [5, 5.41) is 15.4. The molecule has 1 atom stereocenters.